The molecule has 1 rings (SSSR count). The number of carboxylic acids is 1. The molecule has 0 radical (unpaired) electrons. The standard InChI is InChI=1S/C6H6F3N3O2/c7-6(8,9)5-10-3-12(11-5)2-1-4(13)14/h3H,1-2H2,(H,13,14). The van der Waals surface area contributed by atoms with E-state index in [1.807, 2.05) is 0 Å². The first-order valence-corrected chi connectivity index (χ1v) is 3.58. The average molecular weight is 209 g/mol. The van der Waals surface area contributed by atoms with Crippen LogP contribution >= 0.6 is 0 Å². The van der Waals surface area contributed by atoms with Gasteiger partial charge in [-0.1, -0.05) is 0 Å². The number of alkyl halides is 3. The van der Waals surface area contributed by atoms with Crippen molar-refractivity contribution in [3.05, 3.63) is 12.2 Å². The number of carboxylic acid groups (broad SMARTS) is 1. The maximum absolute atomic E-state index is 11.9. The summed E-state index contributed by atoms with van der Waals surface area (Å²) in [5.41, 5.74) is 0. The first kappa shape index (κ1) is 10.5. The Bertz CT molecular complexity index is 333. The summed E-state index contributed by atoms with van der Waals surface area (Å²) in [4.78, 5) is 13.1. The van der Waals surface area contributed by atoms with E-state index in [0.717, 1.165) is 11.0 Å². The number of nitrogens with zero attached hydrogens (tertiary/aromatic N) is 3. The average Bonchev–Trinajstić information content (AvgIpc) is 2.47. The molecule has 78 valence electrons. The zero-order chi connectivity index (χ0) is 10.8. The highest BCUT2D eigenvalue weighted by molar-refractivity contribution is 5.66. The van der Waals surface area contributed by atoms with Crippen LogP contribution in [-0.4, -0.2) is 25.8 Å². The molecule has 0 aromatic carbocycles. The quantitative estimate of drug-likeness (QED) is 0.798. The number of rotatable bonds is 3. The van der Waals surface area contributed by atoms with Gasteiger partial charge in [0.2, 0.25) is 0 Å². The van der Waals surface area contributed by atoms with Crippen molar-refractivity contribution in [1.29, 1.82) is 0 Å². The van der Waals surface area contributed by atoms with Gasteiger partial charge in [-0.3, -0.25) is 9.48 Å². The van der Waals surface area contributed by atoms with Crippen molar-refractivity contribution in [2.24, 2.45) is 0 Å². The van der Waals surface area contributed by atoms with Crippen LogP contribution in [-0.2, 0) is 17.5 Å². The second-order valence-corrected chi connectivity index (χ2v) is 2.47. The third kappa shape index (κ3) is 2.71. The predicted molar refractivity (Wildman–Crippen MR) is 37.3 cm³/mol. The molecule has 14 heavy (non-hydrogen) atoms. The van der Waals surface area contributed by atoms with Gasteiger partial charge < -0.3 is 5.11 Å². The van der Waals surface area contributed by atoms with Crippen LogP contribution in [0.1, 0.15) is 12.2 Å². The molecule has 0 aliphatic heterocycles. The molecule has 0 saturated heterocycles. The molecule has 0 unspecified atom stereocenters. The zero-order valence-corrected chi connectivity index (χ0v) is 6.82. The van der Waals surface area contributed by atoms with Crippen molar-refractivity contribution < 1.29 is 23.1 Å². The van der Waals surface area contributed by atoms with E-state index in [9.17, 15) is 18.0 Å². The molecule has 0 saturated carbocycles. The van der Waals surface area contributed by atoms with Crippen molar-refractivity contribution in [2.45, 2.75) is 19.1 Å². The monoisotopic (exact) mass is 209 g/mol. The van der Waals surface area contributed by atoms with Crippen LogP contribution in [0.4, 0.5) is 13.2 Å². The lowest BCUT2D eigenvalue weighted by atomic mass is 10.4. The number of hydrogen-bond donors (Lipinski definition) is 1. The highest BCUT2D eigenvalue weighted by Crippen LogP contribution is 2.25. The normalized spacial score (nSPS) is 11.6. The lowest BCUT2D eigenvalue weighted by Crippen LogP contribution is -2.10. The minimum Gasteiger partial charge on any atom is -0.481 e. The summed E-state index contributed by atoms with van der Waals surface area (Å²) >= 11 is 0. The number of aryl methyl sites for hydroxylation is 1. The second-order valence-electron chi connectivity index (χ2n) is 2.47. The third-order valence-corrected chi connectivity index (χ3v) is 1.34. The lowest BCUT2D eigenvalue weighted by molar-refractivity contribution is -0.145. The van der Waals surface area contributed by atoms with Crippen LogP contribution in [0.2, 0.25) is 0 Å². The SMILES string of the molecule is O=C(O)CCn1cnc(C(F)(F)F)n1. The molecular weight excluding hydrogens is 203 g/mol. The number of hydrogen-bond acceptors (Lipinski definition) is 3. The van der Waals surface area contributed by atoms with E-state index < -0.39 is 18.0 Å². The minimum atomic E-state index is -4.59. The van der Waals surface area contributed by atoms with Crippen LogP contribution in [0.15, 0.2) is 6.33 Å². The Balaban J connectivity index is 2.64. The highest BCUT2D eigenvalue weighted by atomic mass is 19.4. The molecule has 8 heteroatoms. The molecular formula is C6H6F3N3O2. The number of aliphatic carboxylic acids is 1. The molecule has 1 heterocycles. The summed E-state index contributed by atoms with van der Waals surface area (Å²) in [5.74, 6) is -2.36. The first-order chi connectivity index (χ1) is 6.39. The summed E-state index contributed by atoms with van der Waals surface area (Å²) in [6, 6.07) is 0. The van der Waals surface area contributed by atoms with Gasteiger partial charge in [0.1, 0.15) is 6.33 Å². The van der Waals surface area contributed by atoms with Gasteiger partial charge in [0.15, 0.2) is 0 Å². The van der Waals surface area contributed by atoms with Crippen molar-refractivity contribution in [3.8, 4) is 0 Å². The molecule has 0 bridgehead atoms. The molecule has 0 atom stereocenters. The molecule has 0 aliphatic rings. The largest absolute Gasteiger partial charge is 0.481 e. The van der Waals surface area contributed by atoms with Crippen molar-refractivity contribution in [2.75, 3.05) is 0 Å². The molecule has 0 fully saturated rings. The van der Waals surface area contributed by atoms with E-state index in [2.05, 4.69) is 10.1 Å². The van der Waals surface area contributed by atoms with Crippen LogP contribution < -0.4 is 0 Å². The van der Waals surface area contributed by atoms with Gasteiger partial charge in [-0.25, -0.2) is 4.98 Å². The van der Waals surface area contributed by atoms with Gasteiger partial charge in [-0.15, -0.1) is 5.10 Å². The van der Waals surface area contributed by atoms with Crippen LogP contribution in [0.25, 0.3) is 0 Å². The van der Waals surface area contributed by atoms with E-state index in [4.69, 9.17) is 5.11 Å². The number of halogens is 3. The maximum atomic E-state index is 11.9. The lowest BCUT2D eigenvalue weighted by Gasteiger charge is -1.99. The maximum Gasteiger partial charge on any atom is 0.453 e. The van der Waals surface area contributed by atoms with E-state index in [-0.39, 0.29) is 13.0 Å². The molecule has 1 aromatic heterocycles. The van der Waals surface area contributed by atoms with Crippen LogP contribution in [0.5, 0.6) is 0 Å². The van der Waals surface area contributed by atoms with Crippen molar-refractivity contribution in [1.82, 2.24) is 14.8 Å². The van der Waals surface area contributed by atoms with Gasteiger partial charge in [-0.2, -0.15) is 13.2 Å². The Morgan fingerprint density at radius 1 is 1.57 bits per heavy atom. The van der Waals surface area contributed by atoms with E-state index >= 15 is 0 Å². The number of carbonyl (C=O) groups is 1. The fraction of sp³-hybridized carbons (Fsp3) is 0.500. The minimum absolute atomic E-state index is 0.127. The van der Waals surface area contributed by atoms with Crippen LogP contribution in [0, 0.1) is 0 Å². The summed E-state index contributed by atoms with van der Waals surface area (Å²) in [5, 5.41) is 11.3. The zero-order valence-electron chi connectivity index (χ0n) is 6.82. The van der Waals surface area contributed by atoms with Gasteiger partial charge in [0.25, 0.3) is 5.82 Å². The third-order valence-electron chi connectivity index (χ3n) is 1.34. The fourth-order valence-corrected chi connectivity index (χ4v) is 0.742. The predicted octanol–water partition coefficient (Wildman–Crippen LogP) is 0.772. The van der Waals surface area contributed by atoms with Gasteiger partial charge in [-0.05, 0) is 0 Å². The second kappa shape index (κ2) is 3.64. The van der Waals surface area contributed by atoms with Crippen molar-refractivity contribution in [3.63, 3.8) is 0 Å². The smallest absolute Gasteiger partial charge is 0.453 e. The Morgan fingerprint density at radius 2 is 2.21 bits per heavy atom. The Morgan fingerprint density at radius 3 is 2.64 bits per heavy atom. The topological polar surface area (TPSA) is 68.0 Å². The molecule has 0 amide bonds. The Hall–Kier alpha value is -1.60. The molecule has 0 spiro atoms. The molecule has 1 N–H and O–H groups in total. The number of aromatic nitrogens is 3. The fourth-order valence-electron chi connectivity index (χ4n) is 0.742. The molecule has 1 aromatic rings. The highest BCUT2D eigenvalue weighted by Gasteiger charge is 2.35. The van der Waals surface area contributed by atoms with Gasteiger partial charge in [0, 0.05) is 0 Å². The summed E-state index contributed by atoms with van der Waals surface area (Å²) in [7, 11) is 0. The summed E-state index contributed by atoms with van der Waals surface area (Å²) in [6.07, 6.45) is -4.03. The van der Waals surface area contributed by atoms with E-state index in [1.54, 1.807) is 0 Å². The van der Waals surface area contributed by atoms with E-state index in [1.165, 1.54) is 0 Å². The van der Waals surface area contributed by atoms with Gasteiger partial charge in [0.05, 0.1) is 13.0 Å². The Kier molecular flexibility index (Phi) is 2.73. The van der Waals surface area contributed by atoms with Crippen molar-refractivity contribution >= 4 is 5.97 Å². The summed E-state index contributed by atoms with van der Waals surface area (Å²) < 4.78 is 36.7. The molecule has 0 aliphatic carbocycles. The first-order valence-electron chi connectivity index (χ1n) is 3.58. The van der Waals surface area contributed by atoms with Crippen LogP contribution in [0.3, 0.4) is 0 Å². The van der Waals surface area contributed by atoms with E-state index in [0.29, 0.717) is 0 Å². The molecule has 5 nitrogen and oxygen atoms in total. The van der Waals surface area contributed by atoms with Gasteiger partial charge >= 0.3 is 12.1 Å². The Labute approximate surface area is 76.2 Å². The summed E-state index contributed by atoms with van der Waals surface area (Å²) in [6.45, 7) is -0.127.